The van der Waals surface area contributed by atoms with Crippen LogP contribution in [0.1, 0.15) is 0 Å². The number of fused-ring (bicyclic) bond motifs is 1. The minimum atomic E-state index is -4.49. The first-order valence-corrected chi connectivity index (χ1v) is 12.2. The third-order valence-corrected chi connectivity index (χ3v) is 6.50. The number of rotatable bonds is 5. The lowest BCUT2D eigenvalue weighted by atomic mass is 10.00. The van der Waals surface area contributed by atoms with Gasteiger partial charge in [0.1, 0.15) is 16.3 Å². The topological polar surface area (TPSA) is 118 Å². The van der Waals surface area contributed by atoms with Gasteiger partial charge in [-0.05, 0) is 34.9 Å². The highest BCUT2D eigenvalue weighted by molar-refractivity contribution is 7.86. The van der Waals surface area contributed by atoms with E-state index in [4.69, 9.17) is 5.73 Å². The van der Waals surface area contributed by atoms with Gasteiger partial charge in [0.05, 0.1) is 11.9 Å². The molecule has 0 aliphatic heterocycles. The third-order valence-electron chi connectivity index (χ3n) is 5.60. The average Bonchev–Trinajstić information content (AvgIpc) is 2.88. The second-order valence-electron chi connectivity index (χ2n) is 7.91. The number of aromatic nitrogens is 1. The summed E-state index contributed by atoms with van der Waals surface area (Å²) in [6.07, 6.45) is 3.29. The quantitative estimate of drug-likeness (QED) is 0.163. The highest BCUT2D eigenvalue weighted by Crippen LogP contribution is 2.37. The Bertz CT molecular complexity index is 1680. The number of azo groups is 1. The molecule has 7 nitrogen and oxygen atoms in total. The summed E-state index contributed by atoms with van der Waals surface area (Å²) in [5, 5.41) is 9.20. The van der Waals surface area contributed by atoms with Crippen molar-refractivity contribution in [2.45, 2.75) is 4.90 Å². The van der Waals surface area contributed by atoms with Gasteiger partial charge in [0.15, 0.2) is 0 Å². The van der Waals surface area contributed by atoms with Gasteiger partial charge >= 0.3 is 0 Å². The van der Waals surface area contributed by atoms with E-state index in [1.807, 2.05) is 42.5 Å². The Morgan fingerprint density at radius 1 is 0.686 bits per heavy atom. The van der Waals surface area contributed by atoms with Gasteiger partial charge in [0.25, 0.3) is 10.1 Å². The zero-order valence-electron chi connectivity index (χ0n) is 18.4. The van der Waals surface area contributed by atoms with E-state index >= 15 is 0 Å². The Morgan fingerprint density at radius 2 is 1.34 bits per heavy atom. The van der Waals surface area contributed by atoms with E-state index in [1.165, 1.54) is 6.07 Å². The molecule has 0 atom stereocenters. The van der Waals surface area contributed by atoms with E-state index in [0.717, 1.165) is 22.3 Å². The molecular weight excluding hydrogens is 460 g/mol. The molecule has 35 heavy (non-hydrogen) atoms. The minimum absolute atomic E-state index is 0.132. The molecule has 5 rings (SSSR count). The fourth-order valence-corrected chi connectivity index (χ4v) is 4.62. The van der Waals surface area contributed by atoms with Gasteiger partial charge in [-0.3, -0.25) is 9.54 Å². The van der Waals surface area contributed by atoms with Crippen molar-refractivity contribution in [1.82, 2.24) is 4.98 Å². The zero-order chi connectivity index (χ0) is 24.4. The van der Waals surface area contributed by atoms with Gasteiger partial charge in [-0.1, -0.05) is 72.8 Å². The lowest BCUT2D eigenvalue weighted by Gasteiger charge is -2.09. The van der Waals surface area contributed by atoms with Crippen molar-refractivity contribution in [1.29, 1.82) is 0 Å². The van der Waals surface area contributed by atoms with Crippen molar-refractivity contribution in [3.8, 4) is 22.3 Å². The standard InChI is InChI=1S/C27H20N4O3S/c28-27-24-12-5-4-11-23(24)26(35(32,33)34)15-25(27)31-30-22-14-21(16-29-17-22)20-10-6-9-19(13-20)18-7-2-1-3-8-18/h1-17H,28H2,(H,32,33,34). The lowest BCUT2D eigenvalue weighted by molar-refractivity contribution is 0.484. The second kappa shape index (κ2) is 9.09. The molecule has 8 heteroatoms. The zero-order valence-corrected chi connectivity index (χ0v) is 19.2. The first kappa shape index (κ1) is 22.4. The van der Waals surface area contributed by atoms with Gasteiger partial charge in [0, 0.05) is 22.5 Å². The van der Waals surface area contributed by atoms with E-state index in [1.54, 1.807) is 36.7 Å². The summed E-state index contributed by atoms with van der Waals surface area (Å²) in [4.78, 5) is 4.01. The van der Waals surface area contributed by atoms with Crippen molar-refractivity contribution in [2.75, 3.05) is 5.73 Å². The van der Waals surface area contributed by atoms with Crippen molar-refractivity contribution in [3.63, 3.8) is 0 Å². The molecule has 1 aromatic heterocycles. The molecule has 0 saturated heterocycles. The molecule has 3 N–H and O–H groups in total. The summed E-state index contributed by atoms with van der Waals surface area (Å²) < 4.78 is 33.6. The third kappa shape index (κ3) is 4.65. The number of nitrogen functional groups attached to an aromatic ring is 1. The summed E-state index contributed by atoms with van der Waals surface area (Å²) in [5.41, 5.74) is 11.1. The molecule has 4 aromatic carbocycles. The first-order valence-electron chi connectivity index (χ1n) is 10.7. The van der Waals surface area contributed by atoms with Crippen LogP contribution in [0.2, 0.25) is 0 Å². The number of nitrogens with zero attached hydrogens (tertiary/aromatic N) is 3. The number of hydrogen-bond donors (Lipinski definition) is 2. The Hall–Kier alpha value is -4.40. The molecule has 0 amide bonds. The van der Waals surface area contributed by atoms with Gasteiger partial charge in [-0.15, -0.1) is 10.2 Å². The maximum atomic E-state index is 11.9. The summed E-state index contributed by atoms with van der Waals surface area (Å²) in [5.74, 6) is 0. The van der Waals surface area contributed by atoms with Crippen molar-refractivity contribution < 1.29 is 13.0 Å². The molecule has 0 aliphatic carbocycles. The number of benzene rings is 4. The molecule has 5 aromatic rings. The number of pyridine rings is 1. The second-order valence-corrected chi connectivity index (χ2v) is 9.30. The summed E-state index contributed by atoms with van der Waals surface area (Å²) in [7, 11) is -4.49. The molecular formula is C27H20N4O3S. The van der Waals surface area contributed by atoms with E-state index < -0.39 is 10.1 Å². The summed E-state index contributed by atoms with van der Waals surface area (Å²) in [6.45, 7) is 0. The molecule has 172 valence electrons. The number of hydrogen-bond acceptors (Lipinski definition) is 6. The fraction of sp³-hybridized carbons (Fsp3) is 0. The number of anilines is 1. The Balaban J connectivity index is 1.52. The first-order chi connectivity index (χ1) is 16.9. The van der Waals surface area contributed by atoms with Crippen LogP contribution in [-0.2, 0) is 10.1 Å². The minimum Gasteiger partial charge on any atom is -0.396 e. The van der Waals surface area contributed by atoms with Crippen molar-refractivity contribution in [3.05, 3.63) is 103 Å². The maximum absolute atomic E-state index is 11.9. The normalized spacial score (nSPS) is 11.8. The SMILES string of the molecule is Nc1c(N=Nc2cncc(-c3cccc(-c4ccccc4)c3)c2)cc(S(=O)(=O)O)c2ccccc12. The molecule has 0 radical (unpaired) electrons. The summed E-state index contributed by atoms with van der Waals surface area (Å²) >= 11 is 0. The Morgan fingerprint density at radius 3 is 2.09 bits per heavy atom. The van der Waals surface area contributed by atoms with Gasteiger partial charge in [-0.2, -0.15) is 8.42 Å². The molecule has 0 aliphatic rings. The van der Waals surface area contributed by atoms with Crippen molar-refractivity contribution in [2.24, 2.45) is 10.2 Å². The van der Waals surface area contributed by atoms with Crippen LogP contribution in [0, 0.1) is 0 Å². The monoisotopic (exact) mass is 480 g/mol. The highest BCUT2D eigenvalue weighted by Gasteiger charge is 2.18. The summed E-state index contributed by atoms with van der Waals surface area (Å²) in [6, 6.07) is 27.9. The van der Waals surface area contributed by atoms with Gasteiger partial charge < -0.3 is 5.73 Å². The highest BCUT2D eigenvalue weighted by atomic mass is 32.2. The average molecular weight is 481 g/mol. The predicted octanol–water partition coefficient (Wildman–Crippen LogP) is 6.81. The lowest BCUT2D eigenvalue weighted by Crippen LogP contribution is -2.01. The van der Waals surface area contributed by atoms with Crippen LogP contribution in [-0.4, -0.2) is 18.0 Å². The van der Waals surface area contributed by atoms with E-state index in [0.29, 0.717) is 16.5 Å². The molecule has 0 spiro atoms. The van der Waals surface area contributed by atoms with E-state index in [-0.39, 0.29) is 16.3 Å². The van der Waals surface area contributed by atoms with E-state index in [9.17, 15) is 13.0 Å². The molecule has 1 heterocycles. The van der Waals surface area contributed by atoms with Crippen LogP contribution in [0.25, 0.3) is 33.0 Å². The van der Waals surface area contributed by atoms with Crippen molar-refractivity contribution >= 4 is 38.0 Å². The molecule has 0 unspecified atom stereocenters. The fourth-order valence-electron chi connectivity index (χ4n) is 3.91. The number of nitrogens with two attached hydrogens (primary N) is 1. The van der Waals surface area contributed by atoms with Gasteiger partial charge in [-0.25, -0.2) is 0 Å². The maximum Gasteiger partial charge on any atom is 0.295 e. The smallest absolute Gasteiger partial charge is 0.295 e. The van der Waals surface area contributed by atoms with Crippen LogP contribution in [0.15, 0.2) is 119 Å². The predicted molar refractivity (Wildman–Crippen MR) is 137 cm³/mol. The van der Waals surface area contributed by atoms with Crippen LogP contribution >= 0.6 is 0 Å². The Labute approximate surface area is 202 Å². The van der Waals surface area contributed by atoms with Crippen LogP contribution < -0.4 is 5.73 Å². The van der Waals surface area contributed by atoms with Crippen LogP contribution in [0.4, 0.5) is 17.1 Å². The molecule has 0 bridgehead atoms. The van der Waals surface area contributed by atoms with E-state index in [2.05, 4.69) is 33.4 Å². The Kier molecular flexibility index (Phi) is 5.82. The van der Waals surface area contributed by atoms with Crippen LogP contribution in [0.3, 0.4) is 0 Å². The molecule has 0 fully saturated rings. The van der Waals surface area contributed by atoms with Crippen LogP contribution in [0.5, 0.6) is 0 Å². The molecule has 0 saturated carbocycles. The van der Waals surface area contributed by atoms with Gasteiger partial charge in [0.2, 0.25) is 0 Å². The largest absolute Gasteiger partial charge is 0.396 e.